The summed E-state index contributed by atoms with van der Waals surface area (Å²) in [6.45, 7) is 6.31. The van der Waals surface area contributed by atoms with Gasteiger partial charge in [0.25, 0.3) is 0 Å². The van der Waals surface area contributed by atoms with Crippen LogP contribution in [0.4, 0.5) is 0 Å². The van der Waals surface area contributed by atoms with Crippen molar-refractivity contribution in [2.45, 2.75) is 64.0 Å². The Morgan fingerprint density at radius 3 is 2.47 bits per heavy atom. The first-order chi connectivity index (χ1) is 7.36. The molecule has 0 spiro atoms. The first-order valence-corrected chi connectivity index (χ1v) is 6.83. The molecule has 0 aliphatic carbocycles. The summed E-state index contributed by atoms with van der Waals surface area (Å²) in [7, 11) is 0. The minimum atomic E-state index is 0. The highest BCUT2D eigenvalue weighted by Crippen LogP contribution is 2.18. The molecule has 2 unspecified atom stereocenters. The lowest BCUT2D eigenvalue weighted by Crippen LogP contribution is -2.42. The zero-order valence-corrected chi connectivity index (χ0v) is 12.6. The number of likely N-dealkylation sites (tertiary alicyclic amines) is 1. The van der Waals surface area contributed by atoms with E-state index in [1.54, 1.807) is 0 Å². The van der Waals surface area contributed by atoms with Gasteiger partial charge in [-0.2, -0.15) is 0 Å². The second kappa shape index (κ2) is 9.43. The number of piperidine rings is 2. The van der Waals surface area contributed by atoms with Gasteiger partial charge in [0.1, 0.15) is 0 Å². The lowest BCUT2D eigenvalue weighted by Gasteiger charge is -2.35. The Morgan fingerprint density at radius 1 is 1.06 bits per heavy atom. The molecule has 0 aromatic carbocycles. The van der Waals surface area contributed by atoms with E-state index in [9.17, 15) is 0 Å². The standard InChI is InChI=1S/C13H26N2.2ClH/c1-12-6-3-5-10-15(12)11-8-13-7-2-4-9-14-13;;/h12-14H,2-11H2,1H3;2*1H. The van der Waals surface area contributed by atoms with Gasteiger partial charge in [-0.25, -0.2) is 0 Å². The zero-order valence-electron chi connectivity index (χ0n) is 11.0. The first kappa shape index (κ1) is 17.5. The fourth-order valence-corrected chi connectivity index (χ4v) is 2.98. The van der Waals surface area contributed by atoms with Crippen LogP contribution in [0, 0.1) is 0 Å². The molecule has 2 aliphatic heterocycles. The van der Waals surface area contributed by atoms with E-state index in [0.717, 1.165) is 12.1 Å². The van der Waals surface area contributed by atoms with Crippen LogP contribution in [0.25, 0.3) is 0 Å². The number of hydrogen-bond donors (Lipinski definition) is 1. The van der Waals surface area contributed by atoms with Gasteiger partial charge in [0, 0.05) is 12.1 Å². The largest absolute Gasteiger partial charge is 0.314 e. The van der Waals surface area contributed by atoms with Crippen molar-refractivity contribution in [1.29, 1.82) is 0 Å². The Labute approximate surface area is 119 Å². The zero-order chi connectivity index (χ0) is 10.5. The molecule has 17 heavy (non-hydrogen) atoms. The molecule has 0 aromatic rings. The topological polar surface area (TPSA) is 15.3 Å². The molecular formula is C13H28Cl2N2. The molecule has 4 heteroatoms. The minimum absolute atomic E-state index is 0. The summed E-state index contributed by atoms with van der Waals surface area (Å²) in [6, 6.07) is 1.65. The molecule has 104 valence electrons. The molecule has 2 rings (SSSR count). The van der Waals surface area contributed by atoms with Crippen LogP contribution in [0.3, 0.4) is 0 Å². The fraction of sp³-hybridized carbons (Fsp3) is 1.00. The minimum Gasteiger partial charge on any atom is -0.314 e. The number of halogens is 2. The van der Waals surface area contributed by atoms with E-state index >= 15 is 0 Å². The highest BCUT2D eigenvalue weighted by atomic mass is 35.5. The van der Waals surface area contributed by atoms with Gasteiger partial charge in [0.05, 0.1) is 0 Å². The predicted octanol–water partition coefficient (Wildman–Crippen LogP) is 3.24. The molecule has 2 atom stereocenters. The molecule has 0 amide bonds. The third-order valence-electron chi connectivity index (χ3n) is 4.12. The fourth-order valence-electron chi connectivity index (χ4n) is 2.98. The third kappa shape index (κ3) is 5.78. The van der Waals surface area contributed by atoms with E-state index < -0.39 is 0 Å². The van der Waals surface area contributed by atoms with E-state index in [0.29, 0.717) is 0 Å². The Morgan fingerprint density at radius 2 is 1.82 bits per heavy atom. The second-order valence-electron chi connectivity index (χ2n) is 5.32. The molecule has 2 nitrogen and oxygen atoms in total. The van der Waals surface area contributed by atoms with E-state index in [1.807, 2.05) is 0 Å². The molecule has 0 aromatic heterocycles. The lowest BCUT2D eigenvalue weighted by atomic mass is 9.99. The van der Waals surface area contributed by atoms with Gasteiger partial charge in [0.15, 0.2) is 0 Å². The normalized spacial score (nSPS) is 30.2. The van der Waals surface area contributed by atoms with Crippen molar-refractivity contribution in [2.24, 2.45) is 0 Å². The van der Waals surface area contributed by atoms with Crippen molar-refractivity contribution in [3.05, 3.63) is 0 Å². The molecule has 0 saturated carbocycles. The average molecular weight is 283 g/mol. The summed E-state index contributed by atoms with van der Waals surface area (Å²) in [6.07, 6.45) is 9.87. The van der Waals surface area contributed by atoms with Gasteiger partial charge in [-0.1, -0.05) is 12.8 Å². The van der Waals surface area contributed by atoms with Gasteiger partial charge in [-0.05, 0) is 58.7 Å². The molecule has 2 saturated heterocycles. The summed E-state index contributed by atoms with van der Waals surface area (Å²) in [5, 5.41) is 3.65. The van der Waals surface area contributed by atoms with E-state index in [1.165, 1.54) is 64.6 Å². The molecular weight excluding hydrogens is 255 g/mol. The summed E-state index contributed by atoms with van der Waals surface area (Å²) in [5.41, 5.74) is 0. The second-order valence-corrected chi connectivity index (χ2v) is 5.32. The Hall–Kier alpha value is 0.500. The van der Waals surface area contributed by atoms with Crippen molar-refractivity contribution in [3.8, 4) is 0 Å². The number of hydrogen-bond acceptors (Lipinski definition) is 2. The van der Waals surface area contributed by atoms with Crippen LogP contribution >= 0.6 is 24.8 Å². The SMILES string of the molecule is CC1CCCCN1CCC1CCCCN1.Cl.Cl. The van der Waals surface area contributed by atoms with Crippen molar-refractivity contribution in [1.82, 2.24) is 10.2 Å². The van der Waals surface area contributed by atoms with Gasteiger partial charge >= 0.3 is 0 Å². The van der Waals surface area contributed by atoms with E-state index in [2.05, 4.69) is 17.1 Å². The molecule has 0 radical (unpaired) electrons. The number of nitrogens with zero attached hydrogens (tertiary/aromatic N) is 1. The van der Waals surface area contributed by atoms with Gasteiger partial charge in [-0.15, -0.1) is 24.8 Å². The summed E-state index contributed by atoms with van der Waals surface area (Å²) in [5.74, 6) is 0. The van der Waals surface area contributed by atoms with Crippen molar-refractivity contribution in [2.75, 3.05) is 19.6 Å². The van der Waals surface area contributed by atoms with Crippen LogP contribution in [0.1, 0.15) is 51.9 Å². The van der Waals surface area contributed by atoms with Crippen molar-refractivity contribution < 1.29 is 0 Å². The Balaban J connectivity index is 0.00000128. The van der Waals surface area contributed by atoms with Gasteiger partial charge < -0.3 is 10.2 Å². The van der Waals surface area contributed by atoms with Crippen molar-refractivity contribution in [3.63, 3.8) is 0 Å². The molecule has 2 aliphatic rings. The highest BCUT2D eigenvalue weighted by Gasteiger charge is 2.19. The van der Waals surface area contributed by atoms with E-state index in [4.69, 9.17) is 0 Å². The van der Waals surface area contributed by atoms with Crippen LogP contribution in [0.15, 0.2) is 0 Å². The quantitative estimate of drug-likeness (QED) is 0.855. The molecule has 1 N–H and O–H groups in total. The maximum atomic E-state index is 3.65. The average Bonchev–Trinajstić information content (AvgIpc) is 2.29. The predicted molar refractivity (Wildman–Crippen MR) is 79.6 cm³/mol. The summed E-state index contributed by atoms with van der Waals surface area (Å²) >= 11 is 0. The highest BCUT2D eigenvalue weighted by molar-refractivity contribution is 5.85. The van der Waals surface area contributed by atoms with Crippen LogP contribution in [0.5, 0.6) is 0 Å². The van der Waals surface area contributed by atoms with E-state index in [-0.39, 0.29) is 24.8 Å². The molecule has 0 bridgehead atoms. The van der Waals surface area contributed by atoms with Crippen LogP contribution in [-0.4, -0.2) is 36.6 Å². The van der Waals surface area contributed by atoms with Crippen LogP contribution in [-0.2, 0) is 0 Å². The summed E-state index contributed by atoms with van der Waals surface area (Å²) < 4.78 is 0. The molecule has 2 heterocycles. The summed E-state index contributed by atoms with van der Waals surface area (Å²) in [4.78, 5) is 2.69. The Kier molecular flexibility index (Phi) is 9.71. The maximum Gasteiger partial charge on any atom is 0.00792 e. The lowest BCUT2D eigenvalue weighted by molar-refractivity contribution is 0.150. The van der Waals surface area contributed by atoms with Gasteiger partial charge in [0.2, 0.25) is 0 Å². The molecule has 2 fully saturated rings. The monoisotopic (exact) mass is 282 g/mol. The third-order valence-corrected chi connectivity index (χ3v) is 4.12. The van der Waals surface area contributed by atoms with Crippen LogP contribution < -0.4 is 5.32 Å². The number of rotatable bonds is 3. The van der Waals surface area contributed by atoms with Gasteiger partial charge in [-0.3, -0.25) is 0 Å². The first-order valence-electron chi connectivity index (χ1n) is 6.83. The number of nitrogens with one attached hydrogen (secondary N) is 1. The maximum absolute atomic E-state index is 3.65. The smallest absolute Gasteiger partial charge is 0.00792 e. The Bertz CT molecular complexity index is 184. The van der Waals surface area contributed by atoms with Crippen LogP contribution in [0.2, 0.25) is 0 Å². The van der Waals surface area contributed by atoms with Crippen molar-refractivity contribution >= 4 is 24.8 Å².